The highest BCUT2D eigenvalue weighted by Gasteiger charge is 2.46. The van der Waals surface area contributed by atoms with Gasteiger partial charge in [0.05, 0.1) is 29.3 Å². The minimum absolute atomic E-state index is 0.126. The second-order valence-electron chi connectivity index (χ2n) is 12.8. The molecule has 3 fully saturated rings. The molecule has 7 rings (SSSR count). The quantitative estimate of drug-likeness (QED) is 0.284. The van der Waals surface area contributed by atoms with Crippen molar-refractivity contribution >= 4 is 40.9 Å². The fourth-order valence-electron chi connectivity index (χ4n) is 6.62. The van der Waals surface area contributed by atoms with Crippen LogP contribution in [0.1, 0.15) is 79.6 Å². The van der Waals surface area contributed by atoms with Gasteiger partial charge in [0.1, 0.15) is 17.1 Å². The predicted molar refractivity (Wildman–Crippen MR) is 159 cm³/mol. The van der Waals surface area contributed by atoms with Crippen molar-refractivity contribution in [2.75, 3.05) is 11.4 Å². The lowest BCUT2D eigenvalue weighted by Gasteiger charge is -2.33. The number of aromatic nitrogens is 1. The third-order valence-electron chi connectivity index (χ3n) is 8.72. The molecule has 3 atom stereocenters. The van der Waals surface area contributed by atoms with Gasteiger partial charge in [0.25, 0.3) is 5.91 Å². The molecule has 1 aromatic heterocycles. The lowest BCUT2D eigenvalue weighted by atomic mass is 10.0. The largest absolute Gasteiger partial charge is 0.443 e. The number of ether oxygens (including phenoxy) is 2. The van der Waals surface area contributed by atoms with Crippen LogP contribution in [0.3, 0.4) is 0 Å². The number of rotatable bonds is 6. The smallest absolute Gasteiger partial charge is 0.417 e. The Balaban J connectivity index is 1.03. The number of piperidine rings is 1. The van der Waals surface area contributed by atoms with Crippen LogP contribution in [0.15, 0.2) is 40.9 Å². The summed E-state index contributed by atoms with van der Waals surface area (Å²) in [5.74, 6) is 1.34. The molecule has 2 aliphatic heterocycles. The molecule has 3 aromatic rings. The van der Waals surface area contributed by atoms with Gasteiger partial charge in [-0.1, -0.05) is 34.4 Å². The van der Waals surface area contributed by atoms with Crippen LogP contribution in [0, 0.1) is 5.92 Å². The molecule has 2 amide bonds. The number of hydrogen-bond donors (Lipinski definition) is 0. The van der Waals surface area contributed by atoms with Crippen LogP contribution in [0.2, 0.25) is 10.0 Å². The zero-order chi connectivity index (χ0) is 29.3. The predicted octanol–water partition coefficient (Wildman–Crippen LogP) is 7.60. The van der Waals surface area contributed by atoms with Crippen LogP contribution in [0.5, 0.6) is 0 Å². The van der Waals surface area contributed by atoms with Crippen LogP contribution in [0.25, 0.3) is 11.3 Å². The van der Waals surface area contributed by atoms with E-state index < -0.39 is 11.7 Å². The van der Waals surface area contributed by atoms with Gasteiger partial charge < -0.3 is 18.9 Å². The average molecular weight is 611 g/mol. The van der Waals surface area contributed by atoms with Gasteiger partial charge in [-0.15, -0.1) is 0 Å². The number of fused-ring (bicyclic) bond motifs is 3. The van der Waals surface area contributed by atoms with E-state index >= 15 is 0 Å². The van der Waals surface area contributed by atoms with E-state index in [9.17, 15) is 9.59 Å². The topological polar surface area (TPSA) is 85.1 Å². The highest BCUT2D eigenvalue weighted by Crippen LogP contribution is 2.47. The van der Waals surface area contributed by atoms with Gasteiger partial charge in [-0.3, -0.25) is 4.79 Å². The monoisotopic (exact) mass is 609 g/mol. The molecule has 1 saturated heterocycles. The number of carbonyl (C=O) groups is 2. The number of halogens is 2. The molecule has 2 aromatic carbocycles. The van der Waals surface area contributed by atoms with Gasteiger partial charge in [-0.25, -0.2) is 9.69 Å². The third kappa shape index (κ3) is 4.97. The molecule has 42 heavy (non-hydrogen) atoms. The van der Waals surface area contributed by atoms with Crippen molar-refractivity contribution in [2.45, 2.75) is 83.3 Å². The molecular formula is C32H33Cl2N3O5. The second-order valence-corrected chi connectivity index (χ2v) is 13.7. The van der Waals surface area contributed by atoms with Gasteiger partial charge in [0.15, 0.2) is 0 Å². The summed E-state index contributed by atoms with van der Waals surface area (Å²) >= 11 is 13.1. The molecule has 0 radical (unpaired) electrons. The zero-order valence-corrected chi connectivity index (χ0v) is 25.4. The molecule has 10 heteroatoms. The Hall–Kier alpha value is -3.07. The number of carbonyl (C=O) groups excluding carboxylic acids is 2. The summed E-state index contributed by atoms with van der Waals surface area (Å²) in [6.45, 7) is 6.89. The first-order chi connectivity index (χ1) is 20.1. The van der Waals surface area contributed by atoms with Gasteiger partial charge >= 0.3 is 6.09 Å². The lowest BCUT2D eigenvalue weighted by molar-refractivity contribution is 0.0122. The standard InChI is InChI=1S/C32H33Cl2N3O5/c1-32(2,3)41-31(39)37-14-18-11-20(9-10-22(18)30(37)38)36-15-19-12-21(36)13-26(19)40-16-23-28(35-42-29(23)17-7-8-17)27-24(33)5-4-6-25(27)34/h4-6,9-11,17,19,21,26H,7-8,12-16H2,1-3H3/t19-,21-,26+/m0/s1. The van der Waals surface area contributed by atoms with Crippen molar-refractivity contribution < 1.29 is 23.6 Å². The van der Waals surface area contributed by atoms with E-state index in [1.807, 2.05) is 36.4 Å². The van der Waals surface area contributed by atoms with Crippen molar-refractivity contribution in [1.29, 1.82) is 0 Å². The number of imide groups is 1. The fourth-order valence-corrected chi connectivity index (χ4v) is 7.19. The first kappa shape index (κ1) is 27.7. The summed E-state index contributed by atoms with van der Waals surface area (Å²) in [6.07, 6.45) is 3.65. The minimum Gasteiger partial charge on any atom is -0.443 e. The molecule has 0 N–H and O–H groups in total. The van der Waals surface area contributed by atoms with Crippen molar-refractivity contribution in [3.8, 4) is 11.3 Å². The van der Waals surface area contributed by atoms with Crippen molar-refractivity contribution in [3.05, 3.63) is 68.9 Å². The van der Waals surface area contributed by atoms with Gasteiger partial charge in [-0.2, -0.15) is 0 Å². The summed E-state index contributed by atoms with van der Waals surface area (Å²) < 4.78 is 17.8. The van der Waals surface area contributed by atoms with Crippen molar-refractivity contribution in [3.63, 3.8) is 0 Å². The Morgan fingerprint density at radius 2 is 1.88 bits per heavy atom. The molecule has 2 bridgehead atoms. The Morgan fingerprint density at radius 3 is 2.55 bits per heavy atom. The van der Waals surface area contributed by atoms with E-state index in [2.05, 4.69) is 10.1 Å². The van der Waals surface area contributed by atoms with E-state index in [0.717, 1.165) is 54.8 Å². The molecule has 2 aliphatic carbocycles. The molecule has 3 heterocycles. The maximum atomic E-state index is 12.9. The lowest BCUT2D eigenvalue weighted by Crippen LogP contribution is -2.38. The number of amides is 2. The number of hydrogen-bond acceptors (Lipinski definition) is 7. The first-order valence-electron chi connectivity index (χ1n) is 14.6. The zero-order valence-electron chi connectivity index (χ0n) is 23.9. The van der Waals surface area contributed by atoms with Crippen LogP contribution >= 0.6 is 23.2 Å². The maximum Gasteiger partial charge on any atom is 0.417 e. The molecular weight excluding hydrogens is 577 g/mol. The summed E-state index contributed by atoms with van der Waals surface area (Å²) in [6, 6.07) is 11.7. The van der Waals surface area contributed by atoms with E-state index in [1.54, 1.807) is 20.8 Å². The molecule has 0 spiro atoms. The Kier molecular flexibility index (Phi) is 6.79. The second kappa shape index (κ2) is 10.3. The summed E-state index contributed by atoms with van der Waals surface area (Å²) in [4.78, 5) is 29.1. The van der Waals surface area contributed by atoms with Crippen LogP contribution in [0.4, 0.5) is 10.5 Å². The Bertz CT molecular complexity index is 1560. The highest BCUT2D eigenvalue weighted by molar-refractivity contribution is 6.39. The summed E-state index contributed by atoms with van der Waals surface area (Å²) in [5.41, 5.74) is 4.13. The maximum absolute atomic E-state index is 12.9. The highest BCUT2D eigenvalue weighted by atomic mass is 35.5. The molecule has 0 unspecified atom stereocenters. The van der Waals surface area contributed by atoms with E-state index in [-0.39, 0.29) is 18.6 Å². The van der Waals surface area contributed by atoms with Crippen LogP contribution in [-0.4, -0.2) is 46.3 Å². The SMILES string of the molecule is CC(C)(C)OC(=O)N1Cc2cc(N3C[C@@H]4C[C@H]3C[C@H]4OCc3c(-c4c(Cl)cccc4Cl)noc3C3CC3)ccc2C1=O. The summed E-state index contributed by atoms with van der Waals surface area (Å²) in [7, 11) is 0. The van der Waals surface area contributed by atoms with Gasteiger partial charge in [0, 0.05) is 46.8 Å². The van der Waals surface area contributed by atoms with Gasteiger partial charge in [0.2, 0.25) is 0 Å². The van der Waals surface area contributed by atoms with Crippen molar-refractivity contribution in [1.82, 2.24) is 10.1 Å². The first-order valence-corrected chi connectivity index (χ1v) is 15.3. The van der Waals surface area contributed by atoms with E-state index in [1.165, 1.54) is 4.90 Å². The fraction of sp³-hybridized carbons (Fsp3) is 0.469. The number of anilines is 1. The minimum atomic E-state index is -0.665. The van der Waals surface area contributed by atoms with E-state index in [0.29, 0.717) is 51.4 Å². The van der Waals surface area contributed by atoms with Crippen molar-refractivity contribution in [2.24, 2.45) is 5.92 Å². The third-order valence-corrected chi connectivity index (χ3v) is 9.35. The molecule has 220 valence electrons. The number of nitrogens with zero attached hydrogens (tertiary/aromatic N) is 3. The van der Waals surface area contributed by atoms with Crippen LogP contribution in [-0.2, 0) is 22.6 Å². The average Bonchev–Trinajstić information content (AvgIpc) is 3.24. The molecule has 8 nitrogen and oxygen atoms in total. The molecule has 2 saturated carbocycles. The Labute approximate surface area is 254 Å². The Morgan fingerprint density at radius 1 is 1.12 bits per heavy atom. The number of benzene rings is 2. The summed E-state index contributed by atoms with van der Waals surface area (Å²) in [5, 5.41) is 5.48. The molecule has 4 aliphatic rings. The van der Waals surface area contributed by atoms with Gasteiger partial charge in [-0.05, 0) is 82.3 Å². The normalized spacial score (nSPS) is 23.2. The van der Waals surface area contributed by atoms with Crippen LogP contribution < -0.4 is 4.90 Å². The van der Waals surface area contributed by atoms with E-state index in [4.69, 9.17) is 37.2 Å².